The summed E-state index contributed by atoms with van der Waals surface area (Å²) in [5.41, 5.74) is 7.89. The number of pyridine rings is 1. The number of hydrogen-bond donors (Lipinski definition) is 1. The zero-order valence-electron chi connectivity index (χ0n) is 27.4. The van der Waals surface area contributed by atoms with Crippen molar-refractivity contribution in [1.29, 1.82) is 0 Å². The molecule has 7 rings (SSSR count). The van der Waals surface area contributed by atoms with Gasteiger partial charge in [0.25, 0.3) is 5.91 Å². The molecule has 0 bridgehead atoms. The van der Waals surface area contributed by atoms with Crippen molar-refractivity contribution in [2.24, 2.45) is 0 Å². The molecule has 6 aromatic rings. The first-order chi connectivity index (χ1) is 24.1. The molecule has 254 valence electrons. The van der Waals surface area contributed by atoms with E-state index in [1.165, 1.54) is 27.6 Å². The number of ether oxygens (including phenoxy) is 1. The molecule has 4 aromatic carbocycles. The van der Waals surface area contributed by atoms with Crippen LogP contribution in [0.5, 0.6) is 5.75 Å². The van der Waals surface area contributed by atoms with Crippen LogP contribution in [0.15, 0.2) is 119 Å². The molecule has 0 aliphatic carbocycles. The standard InChI is InChI=1S/C39H34ClN3O4S3/c1-25-20-32-35(47-23-30-17-14-28(21-41-30)27-8-4-3-5-9-27)19-18-33-37(32)38(49-25)34(43(33)22-26-12-15-29(40)16-13-26)24-48-36-11-7-6-10-31(36)39(44)42-50(2,45)46/h3-19,21,25H,20,22-24H2,1-2H3,(H,42,44). The number of amides is 1. The lowest BCUT2D eigenvalue weighted by molar-refractivity contribution is 0.0979. The summed E-state index contributed by atoms with van der Waals surface area (Å²) in [5.74, 6) is 0.772. The lowest BCUT2D eigenvalue weighted by Crippen LogP contribution is -2.29. The smallest absolute Gasteiger partial charge is 0.265 e. The van der Waals surface area contributed by atoms with Crippen molar-refractivity contribution in [1.82, 2.24) is 14.3 Å². The number of rotatable bonds is 11. The van der Waals surface area contributed by atoms with Crippen molar-refractivity contribution in [2.75, 3.05) is 6.26 Å². The average Bonchev–Trinajstić information content (AvgIpc) is 3.39. The molecular weight excluding hydrogens is 706 g/mol. The summed E-state index contributed by atoms with van der Waals surface area (Å²) < 4.78 is 34.7. The van der Waals surface area contributed by atoms with Gasteiger partial charge >= 0.3 is 0 Å². The topological polar surface area (TPSA) is 90.3 Å². The molecule has 0 fully saturated rings. The minimum atomic E-state index is -3.71. The van der Waals surface area contributed by atoms with Crippen molar-refractivity contribution < 1.29 is 17.9 Å². The van der Waals surface area contributed by atoms with Crippen LogP contribution in [-0.2, 0) is 35.3 Å². The highest BCUT2D eigenvalue weighted by atomic mass is 35.5. The molecule has 0 saturated carbocycles. The van der Waals surface area contributed by atoms with E-state index >= 15 is 0 Å². The first-order valence-electron chi connectivity index (χ1n) is 16.1. The Balaban J connectivity index is 1.24. The lowest BCUT2D eigenvalue weighted by Gasteiger charge is -2.22. The minimum absolute atomic E-state index is 0.307. The van der Waals surface area contributed by atoms with Crippen LogP contribution in [0.4, 0.5) is 0 Å². The molecule has 0 radical (unpaired) electrons. The number of hydrogen-bond acceptors (Lipinski definition) is 7. The Morgan fingerprint density at radius 1 is 0.980 bits per heavy atom. The zero-order valence-corrected chi connectivity index (χ0v) is 30.6. The van der Waals surface area contributed by atoms with Gasteiger partial charge in [-0.25, -0.2) is 13.1 Å². The van der Waals surface area contributed by atoms with Gasteiger partial charge in [0, 0.05) is 60.8 Å². The Labute approximate surface area is 305 Å². The molecule has 1 unspecified atom stereocenters. The second kappa shape index (κ2) is 14.6. The van der Waals surface area contributed by atoms with Gasteiger partial charge in [0.05, 0.1) is 23.0 Å². The highest BCUT2D eigenvalue weighted by molar-refractivity contribution is 8.00. The van der Waals surface area contributed by atoms with Gasteiger partial charge in [-0.2, -0.15) is 0 Å². The maximum Gasteiger partial charge on any atom is 0.265 e. The normalized spacial score (nSPS) is 14.1. The Morgan fingerprint density at radius 2 is 1.74 bits per heavy atom. The third-order valence-electron chi connectivity index (χ3n) is 8.50. The maximum atomic E-state index is 12.9. The van der Waals surface area contributed by atoms with E-state index in [0.29, 0.717) is 39.6 Å². The summed E-state index contributed by atoms with van der Waals surface area (Å²) in [6.07, 6.45) is 3.73. The van der Waals surface area contributed by atoms with Gasteiger partial charge in [0.15, 0.2) is 0 Å². The van der Waals surface area contributed by atoms with E-state index in [1.54, 1.807) is 12.1 Å². The van der Waals surface area contributed by atoms with E-state index in [2.05, 4.69) is 46.5 Å². The summed E-state index contributed by atoms with van der Waals surface area (Å²) in [6, 6.07) is 33.5. The molecular formula is C39H34ClN3O4S3. The van der Waals surface area contributed by atoms with Gasteiger partial charge in [-0.1, -0.05) is 79.2 Å². The molecule has 1 aliphatic heterocycles. The van der Waals surface area contributed by atoms with E-state index in [0.717, 1.165) is 52.0 Å². The number of sulfonamides is 1. The van der Waals surface area contributed by atoms with Crippen molar-refractivity contribution in [3.05, 3.63) is 142 Å². The van der Waals surface area contributed by atoms with Gasteiger partial charge in [-0.3, -0.25) is 9.78 Å². The summed E-state index contributed by atoms with van der Waals surface area (Å²) in [4.78, 5) is 19.5. The van der Waals surface area contributed by atoms with Crippen molar-refractivity contribution >= 4 is 62.0 Å². The largest absolute Gasteiger partial charge is 0.487 e. The van der Waals surface area contributed by atoms with Crippen molar-refractivity contribution in [3.63, 3.8) is 0 Å². The van der Waals surface area contributed by atoms with E-state index in [9.17, 15) is 13.2 Å². The van der Waals surface area contributed by atoms with E-state index < -0.39 is 15.9 Å². The monoisotopic (exact) mass is 739 g/mol. The predicted octanol–water partition coefficient (Wildman–Crippen LogP) is 9.00. The Hall–Kier alpha value is -4.22. The molecule has 3 heterocycles. The van der Waals surface area contributed by atoms with Crippen LogP contribution in [0.25, 0.3) is 22.0 Å². The highest BCUT2D eigenvalue weighted by Gasteiger charge is 2.29. The first kappa shape index (κ1) is 34.2. The summed E-state index contributed by atoms with van der Waals surface area (Å²) in [5, 5.41) is 2.18. The van der Waals surface area contributed by atoms with E-state index in [4.69, 9.17) is 21.3 Å². The van der Waals surface area contributed by atoms with E-state index in [1.807, 2.05) is 78.6 Å². The summed E-state index contributed by atoms with van der Waals surface area (Å²) >= 11 is 9.61. The number of nitrogens with one attached hydrogen (secondary N) is 1. The van der Waals surface area contributed by atoms with Crippen molar-refractivity contribution in [2.45, 2.75) is 47.3 Å². The van der Waals surface area contributed by atoms with Crippen molar-refractivity contribution in [3.8, 4) is 16.9 Å². The van der Waals surface area contributed by atoms with Crippen LogP contribution >= 0.6 is 35.1 Å². The van der Waals surface area contributed by atoms with Crippen LogP contribution in [0.3, 0.4) is 0 Å². The van der Waals surface area contributed by atoms with Gasteiger partial charge in [0.2, 0.25) is 10.0 Å². The minimum Gasteiger partial charge on any atom is -0.487 e. The maximum absolute atomic E-state index is 12.9. The summed E-state index contributed by atoms with van der Waals surface area (Å²) in [7, 11) is -3.71. The van der Waals surface area contributed by atoms with Gasteiger partial charge in [-0.15, -0.1) is 23.5 Å². The SMILES string of the molecule is CC1Cc2c(OCc3ccc(-c4ccccc4)cn3)ccc3c2c(c(CSc2ccccc2C(=O)NS(C)(=O)=O)n3Cc2ccc(Cl)cc2)S1. The quantitative estimate of drug-likeness (QED) is 0.133. The second-order valence-electron chi connectivity index (χ2n) is 12.2. The zero-order chi connectivity index (χ0) is 34.8. The number of halogens is 1. The number of benzene rings is 4. The van der Waals surface area contributed by atoms with Crippen LogP contribution < -0.4 is 9.46 Å². The fourth-order valence-corrected chi connectivity index (χ4v) is 9.27. The first-order valence-corrected chi connectivity index (χ1v) is 20.2. The Bertz CT molecular complexity index is 2290. The summed E-state index contributed by atoms with van der Waals surface area (Å²) in [6.45, 7) is 3.22. The van der Waals surface area contributed by atoms with E-state index in [-0.39, 0.29) is 0 Å². The van der Waals surface area contributed by atoms with Gasteiger partial charge in [0.1, 0.15) is 12.4 Å². The third-order valence-corrected chi connectivity index (χ3v) is 11.6. The molecule has 0 saturated heterocycles. The molecule has 7 nitrogen and oxygen atoms in total. The molecule has 0 spiro atoms. The number of thioether (sulfide) groups is 2. The molecule has 1 amide bonds. The number of nitrogens with zero attached hydrogens (tertiary/aromatic N) is 2. The molecule has 1 aliphatic rings. The molecule has 2 aromatic heterocycles. The highest BCUT2D eigenvalue weighted by Crippen LogP contribution is 2.48. The molecule has 1 N–H and O–H groups in total. The number of aromatic nitrogens is 2. The van der Waals surface area contributed by atoms with Gasteiger partial charge < -0.3 is 9.30 Å². The number of carbonyl (C=O) groups is 1. The van der Waals surface area contributed by atoms with Gasteiger partial charge in [-0.05, 0) is 60.0 Å². The predicted molar refractivity (Wildman–Crippen MR) is 204 cm³/mol. The average molecular weight is 740 g/mol. The van der Waals surface area contributed by atoms with Crippen LogP contribution in [0, 0.1) is 0 Å². The number of carbonyl (C=O) groups excluding carboxylic acids is 1. The molecule has 11 heteroatoms. The Kier molecular flexibility index (Phi) is 9.97. The van der Waals surface area contributed by atoms with Crippen LogP contribution in [0.1, 0.15) is 39.8 Å². The lowest BCUT2D eigenvalue weighted by atomic mass is 10.0. The van der Waals surface area contributed by atoms with Crippen LogP contribution in [-0.4, -0.2) is 35.4 Å². The fraction of sp³-hybridized carbons (Fsp3) is 0.179. The van der Waals surface area contributed by atoms with Crippen LogP contribution in [0.2, 0.25) is 5.02 Å². The third kappa shape index (κ3) is 7.58. The second-order valence-corrected chi connectivity index (χ2v) is 16.9. The fourth-order valence-electron chi connectivity index (χ4n) is 6.21. The molecule has 50 heavy (non-hydrogen) atoms. The Morgan fingerprint density at radius 3 is 2.48 bits per heavy atom. The molecule has 1 atom stereocenters.